The van der Waals surface area contributed by atoms with Gasteiger partial charge in [0, 0.05) is 26.3 Å². The molecule has 24 heavy (non-hydrogen) atoms. The summed E-state index contributed by atoms with van der Waals surface area (Å²) < 4.78 is 0. The molecule has 3 rings (SSSR count). The third-order valence-electron chi connectivity index (χ3n) is 5.32. The minimum absolute atomic E-state index is 0.0577. The normalized spacial score (nSPS) is 25.6. The van der Waals surface area contributed by atoms with Crippen molar-refractivity contribution in [3.8, 4) is 0 Å². The van der Waals surface area contributed by atoms with E-state index in [1.54, 1.807) is 6.20 Å². The van der Waals surface area contributed by atoms with Gasteiger partial charge in [-0.15, -0.1) is 0 Å². The number of hydrogen-bond acceptors (Lipinski definition) is 5. The first kappa shape index (κ1) is 17.2. The molecule has 2 aliphatic rings. The monoisotopic (exact) mass is 332 g/mol. The fourth-order valence-electron chi connectivity index (χ4n) is 3.77. The van der Waals surface area contributed by atoms with Gasteiger partial charge in [0.1, 0.15) is 5.82 Å². The number of aliphatic hydroxyl groups excluding tert-OH is 1. The molecule has 6 nitrogen and oxygen atoms in total. The van der Waals surface area contributed by atoms with Crippen molar-refractivity contribution in [1.82, 2.24) is 15.6 Å². The predicted octanol–water partition coefficient (Wildman–Crippen LogP) is 1.02. The van der Waals surface area contributed by atoms with Gasteiger partial charge < -0.3 is 20.6 Å². The van der Waals surface area contributed by atoms with E-state index in [2.05, 4.69) is 15.6 Å². The second kappa shape index (κ2) is 7.49. The molecule has 1 saturated heterocycles. The summed E-state index contributed by atoms with van der Waals surface area (Å²) in [6, 6.07) is 3.84. The van der Waals surface area contributed by atoms with E-state index in [9.17, 15) is 9.90 Å². The maximum absolute atomic E-state index is 12.7. The molecule has 0 radical (unpaired) electrons. The van der Waals surface area contributed by atoms with Crippen LogP contribution in [0.2, 0.25) is 0 Å². The van der Waals surface area contributed by atoms with Crippen molar-refractivity contribution in [1.29, 1.82) is 0 Å². The van der Waals surface area contributed by atoms with Gasteiger partial charge in [-0.3, -0.25) is 4.79 Å². The lowest BCUT2D eigenvalue weighted by Gasteiger charge is -2.43. The zero-order valence-corrected chi connectivity index (χ0v) is 14.5. The van der Waals surface area contributed by atoms with Crippen molar-refractivity contribution in [2.75, 3.05) is 32.1 Å². The number of rotatable bonds is 5. The summed E-state index contributed by atoms with van der Waals surface area (Å²) >= 11 is 0. The first-order chi connectivity index (χ1) is 11.5. The van der Waals surface area contributed by atoms with E-state index < -0.39 is 0 Å². The Balaban J connectivity index is 1.67. The minimum atomic E-state index is -0.197. The van der Waals surface area contributed by atoms with Crippen LogP contribution in [0.4, 0.5) is 5.82 Å². The lowest BCUT2D eigenvalue weighted by molar-refractivity contribution is 0.00918. The third kappa shape index (κ3) is 3.87. The number of aromatic nitrogens is 1. The van der Waals surface area contributed by atoms with Gasteiger partial charge in [-0.2, -0.15) is 0 Å². The summed E-state index contributed by atoms with van der Waals surface area (Å²) in [6.07, 6.45) is 5.20. The van der Waals surface area contributed by atoms with E-state index in [4.69, 9.17) is 0 Å². The topological polar surface area (TPSA) is 77.5 Å². The first-order valence-corrected chi connectivity index (χ1v) is 8.87. The Morgan fingerprint density at radius 1 is 1.29 bits per heavy atom. The number of carbonyl (C=O) groups is 1. The summed E-state index contributed by atoms with van der Waals surface area (Å²) in [5, 5.41) is 16.3. The predicted molar refractivity (Wildman–Crippen MR) is 94.1 cm³/mol. The molecule has 132 valence electrons. The molecule has 1 atom stereocenters. The molecule has 1 saturated carbocycles. The van der Waals surface area contributed by atoms with E-state index in [-0.39, 0.29) is 18.1 Å². The second-order valence-electron chi connectivity index (χ2n) is 7.27. The van der Waals surface area contributed by atoms with E-state index in [0.29, 0.717) is 17.4 Å². The Morgan fingerprint density at radius 2 is 2.00 bits per heavy atom. The van der Waals surface area contributed by atoms with Crippen LogP contribution >= 0.6 is 0 Å². The molecular weight excluding hydrogens is 304 g/mol. The number of aliphatic hydroxyl groups is 1. The second-order valence-corrected chi connectivity index (χ2v) is 7.27. The molecule has 0 unspecified atom stereocenters. The van der Waals surface area contributed by atoms with Crippen LogP contribution in [0.25, 0.3) is 0 Å². The lowest BCUT2D eigenvalue weighted by Crippen LogP contribution is -2.52. The number of nitrogens with zero attached hydrogens (tertiary/aromatic N) is 2. The standard InChI is InChI=1S/C18H28N4O2/c1-22(2)16-4-3-13(11-20-16)18(24)21-17(14-9-15(23)10-14)12-5-7-19-8-6-12/h3-4,11-12,14-15,17,19,23H,5-10H2,1-2H3,(H,21,24)/t14?,15?,17-/m1/s1. The van der Waals surface area contributed by atoms with Crippen molar-refractivity contribution in [2.45, 2.75) is 37.8 Å². The average molecular weight is 332 g/mol. The number of piperidine rings is 1. The van der Waals surface area contributed by atoms with Crippen LogP contribution in [0.15, 0.2) is 18.3 Å². The largest absolute Gasteiger partial charge is 0.393 e. The number of hydrogen-bond donors (Lipinski definition) is 3. The van der Waals surface area contributed by atoms with Gasteiger partial charge in [-0.25, -0.2) is 4.98 Å². The zero-order valence-electron chi connectivity index (χ0n) is 14.5. The molecule has 1 aliphatic heterocycles. The zero-order chi connectivity index (χ0) is 17.1. The number of carbonyl (C=O) groups excluding carboxylic acids is 1. The van der Waals surface area contributed by atoms with Crippen LogP contribution in [0.3, 0.4) is 0 Å². The van der Waals surface area contributed by atoms with Gasteiger partial charge in [0.15, 0.2) is 0 Å². The molecule has 0 aromatic carbocycles. The Kier molecular flexibility index (Phi) is 5.36. The van der Waals surface area contributed by atoms with Crippen LogP contribution in [0, 0.1) is 11.8 Å². The highest BCUT2D eigenvalue weighted by Gasteiger charge is 2.39. The molecule has 0 bridgehead atoms. The fourth-order valence-corrected chi connectivity index (χ4v) is 3.77. The number of amides is 1. The maximum atomic E-state index is 12.7. The van der Waals surface area contributed by atoms with Crippen LogP contribution in [-0.2, 0) is 0 Å². The molecule has 1 aliphatic carbocycles. The van der Waals surface area contributed by atoms with Crippen LogP contribution in [-0.4, -0.2) is 55.3 Å². The summed E-state index contributed by atoms with van der Waals surface area (Å²) in [7, 11) is 3.86. The molecule has 3 N–H and O–H groups in total. The highest BCUT2D eigenvalue weighted by Crippen LogP contribution is 2.35. The summed E-state index contributed by atoms with van der Waals surface area (Å²) in [5.41, 5.74) is 0.597. The minimum Gasteiger partial charge on any atom is -0.393 e. The summed E-state index contributed by atoms with van der Waals surface area (Å²) in [5.74, 6) is 1.66. The van der Waals surface area contributed by atoms with Gasteiger partial charge in [-0.1, -0.05) is 0 Å². The smallest absolute Gasteiger partial charge is 0.253 e. The van der Waals surface area contributed by atoms with Crippen molar-refractivity contribution in [3.05, 3.63) is 23.9 Å². The molecule has 1 amide bonds. The quantitative estimate of drug-likeness (QED) is 0.750. The number of anilines is 1. The van der Waals surface area contributed by atoms with E-state index >= 15 is 0 Å². The highest BCUT2D eigenvalue weighted by molar-refractivity contribution is 5.94. The lowest BCUT2D eigenvalue weighted by atomic mass is 9.71. The molecule has 1 aromatic rings. The van der Waals surface area contributed by atoms with Crippen LogP contribution in [0.5, 0.6) is 0 Å². The van der Waals surface area contributed by atoms with Crippen molar-refractivity contribution >= 4 is 11.7 Å². The molecule has 2 heterocycles. The third-order valence-corrected chi connectivity index (χ3v) is 5.32. The fraction of sp³-hybridized carbons (Fsp3) is 0.667. The van der Waals surface area contributed by atoms with Crippen molar-refractivity contribution in [3.63, 3.8) is 0 Å². The van der Waals surface area contributed by atoms with Gasteiger partial charge in [0.05, 0.1) is 11.7 Å². The molecule has 2 fully saturated rings. The van der Waals surface area contributed by atoms with Gasteiger partial charge in [0.25, 0.3) is 5.91 Å². The number of pyridine rings is 1. The SMILES string of the molecule is CN(C)c1ccc(C(=O)N[C@H](C2CCNCC2)C2CC(O)C2)cn1. The highest BCUT2D eigenvalue weighted by atomic mass is 16.3. The van der Waals surface area contributed by atoms with Crippen molar-refractivity contribution < 1.29 is 9.90 Å². The Bertz CT molecular complexity index is 549. The van der Waals surface area contributed by atoms with Crippen LogP contribution < -0.4 is 15.5 Å². The molecule has 6 heteroatoms. The van der Waals surface area contributed by atoms with Crippen LogP contribution in [0.1, 0.15) is 36.0 Å². The molecule has 1 aromatic heterocycles. The maximum Gasteiger partial charge on any atom is 0.253 e. The van der Waals surface area contributed by atoms with Gasteiger partial charge in [-0.05, 0) is 62.7 Å². The summed E-state index contributed by atoms with van der Waals surface area (Å²) in [4.78, 5) is 18.9. The Labute approximate surface area is 143 Å². The first-order valence-electron chi connectivity index (χ1n) is 8.87. The van der Waals surface area contributed by atoms with E-state index in [0.717, 1.165) is 44.6 Å². The summed E-state index contributed by atoms with van der Waals surface area (Å²) in [6.45, 7) is 2.01. The van der Waals surface area contributed by atoms with Gasteiger partial charge in [0.2, 0.25) is 0 Å². The van der Waals surface area contributed by atoms with Gasteiger partial charge >= 0.3 is 0 Å². The number of nitrogens with one attached hydrogen (secondary N) is 2. The molecular formula is C18H28N4O2. The average Bonchev–Trinajstić information content (AvgIpc) is 2.58. The Morgan fingerprint density at radius 3 is 2.54 bits per heavy atom. The molecule has 0 spiro atoms. The van der Waals surface area contributed by atoms with E-state index in [1.807, 2.05) is 31.1 Å². The van der Waals surface area contributed by atoms with E-state index in [1.165, 1.54) is 0 Å². The van der Waals surface area contributed by atoms with Crippen molar-refractivity contribution in [2.24, 2.45) is 11.8 Å². The Hall–Kier alpha value is -1.66.